The van der Waals surface area contributed by atoms with Crippen LogP contribution in [0.4, 0.5) is 0 Å². The summed E-state index contributed by atoms with van der Waals surface area (Å²) in [5.74, 6) is -2.07. The number of benzene rings is 1. The van der Waals surface area contributed by atoms with Crippen LogP contribution >= 0.6 is 22.9 Å². The van der Waals surface area contributed by atoms with Crippen molar-refractivity contribution in [1.82, 2.24) is 8.43 Å². The van der Waals surface area contributed by atoms with Gasteiger partial charge in [0.2, 0.25) is 11.8 Å². The standard InChI is InChI=1S/C13H16IN3O5/c14-17(7-11(19)16-6-12(20)21)13(22)10(15)5-8-1-3-9(18)4-2-8/h1-4,10,18H,5-7,15H2,(H,16,19)(H,20,21)/t10-/m0/s1. The average molecular weight is 421 g/mol. The number of halogens is 1. The van der Waals surface area contributed by atoms with Crippen molar-refractivity contribution in [3.8, 4) is 5.75 Å². The maximum Gasteiger partial charge on any atom is 0.322 e. The molecule has 0 aliphatic carbocycles. The Bertz CT molecular complexity index is 549. The number of nitrogens with one attached hydrogen (secondary N) is 1. The molecule has 0 aliphatic rings. The molecule has 0 saturated carbocycles. The number of hydrogen-bond donors (Lipinski definition) is 4. The van der Waals surface area contributed by atoms with Crippen LogP contribution in [0.5, 0.6) is 5.75 Å². The first-order valence-corrected chi connectivity index (χ1v) is 7.25. The van der Waals surface area contributed by atoms with Crippen molar-refractivity contribution in [1.29, 1.82) is 0 Å². The van der Waals surface area contributed by atoms with Crippen molar-refractivity contribution >= 4 is 40.6 Å². The van der Waals surface area contributed by atoms with Gasteiger partial charge in [0.15, 0.2) is 0 Å². The SMILES string of the molecule is N[C@@H](Cc1ccc(O)cc1)C(=O)N(I)CC(=O)NCC(=O)O. The number of phenolic OH excluding ortho intramolecular Hbond substituents is 1. The van der Waals surface area contributed by atoms with Crippen LogP contribution in [0, 0.1) is 0 Å². The summed E-state index contributed by atoms with van der Waals surface area (Å²) in [4.78, 5) is 33.8. The molecule has 0 heterocycles. The molecule has 0 aliphatic heterocycles. The second-order valence-corrected chi connectivity index (χ2v) is 5.67. The van der Waals surface area contributed by atoms with Gasteiger partial charge in [-0.1, -0.05) is 12.1 Å². The zero-order chi connectivity index (χ0) is 16.7. The molecule has 0 aromatic heterocycles. The fourth-order valence-electron chi connectivity index (χ4n) is 1.59. The molecule has 1 rings (SSSR count). The van der Waals surface area contributed by atoms with Gasteiger partial charge in [-0.15, -0.1) is 0 Å². The smallest absolute Gasteiger partial charge is 0.322 e. The number of phenols is 1. The van der Waals surface area contributed by atoms with Crippen LogP contribution in [0.25, 0.3) is 0 Å². The number of hydrogen-bond acceptors (Lipinski definition) is 5. The highest BCUT2D eigenvalue weighted by molar-refractivity contribution is 14.1. The van der Waals surface area contributed by atoms with Crippen molar-refractivity contribution < 1.29 is 24.6 Å². The summed E-state index contributed by atoms with van der Waals surface area (Å²) in [6.07, 6.45) is 0.259. The number of carboxylic acid groups (broad SMARTS) is 1. The number of rotatable bonds is 7. The van der Waals surface area contributed by atoms with Gasteiger partial charge in [0.25, 0.3) is 0 Å². The fourth-order valence-corrected chi connectivity index (χ4v) is 2.25. The Morgan fingerprint density at radius 1 is 1.27 bits per heavy atom. The molecule has 22 heavy (non-hydrogen) atoms. The van der Waals surface area contributed by atoms with E-state index in [1.807, 2.05) is 0 Å². The van der Waals surface area contributed by atoms with E-state index >= 15 is 0 Å². The summed E-state index contributed by atoms with van der Waals surface area (Å²) in [6.45, 7) is -0.785. The van der Waals surface area contributed by atoms with E-state index in [0.29, 0.717) is 0 Å². The zero-order valence-electron chi connectivity index (χ0n) is 11.5. The van der Waals surface area contributed by atoms with Gasteiger partial charge in [-0.05, 0) is 24.1 Å². The van der Waals surface area contributed by atoms with E-state index in [1.54, 1.807) is 35.0 Å². The van der Waals surface area contributed by atoms with E-state index < -0.39 is 30.4 Å². The molecule has 9 heteroatoms. The molecule has 0 spiro atoms. The number of carbonyl (C=O) groups excluding carboxylic acids is 2. The maximum absolute atomic E-state index is 12.0. The monoisotopic (exact) mass is 421 g/mol. The molecule has 1 aromatic carbocycles. The molecule has 0 unspecified atom stereocenters. The third-order valence-electron chi connectivity index (χ3n) is 2.67. The third kappa shape index (κ3) is 6.26. The molecule has 0 saturated heterocycles. The van der Waals surface area contributed by atoms with Crippen LogP contribution in [-0.4, -0.2) is 50.2 Å². The van der Waals surface area contributed by atoms with Crippen molar-refractivity contribution in [3.63, 3.8) is 0 Å². The lowest BCUT2D eigenvalue weighted by Gasteiger charge is -2.18. The number of nitrogens with zero attached hydrogens (tertiary/aromatic N) is 1. The summed E-state index contributed by atoms with van der Waals surface area (Å²) >= 11 is 1.66. The van der Waals surface area contributed by atoms with Crippen molar-refractivity contribution in [2.24, 2.45) is 5.73 Å². The molecule has 120 valence electrons. The Morgan fingerprint density at radius 3 is 2.41 bits per heavy atom. The lowest BCUT2D eigenvalue weighted by Crippen LogP contribution is -2.44. The highest BCUT2D eigenvalue weighted by atomic mass is 127. The molecular weight excluding hydrogens is 405 g/mol. The molecule has 5 N–H and O–H groups in total. The molecule has 1 atom stereocenters. The molecule has 0 radical (unpaired) electrons. The average Bonchev–Trinajstić information content (AvgIpc) is 2.46. The molecular formula is C13H16IN3O5. The normalized spacial score (nSPS) is 11.5. The Hall–Kier alpha value is -1.88. The summed E-state index contributed by atoms with van der Waals surface area (Å²) in [7, 11) is 0. The Kier molecular flexibility index (Phi) is 7.05. The second kappa shape index (κ2) is 8.54. The largest absolute Gasteiger partial charge is 0.508 e. The van der Waals surface area contributed by atoms with Crippen LogP contribution in [0.2, 0.25) is 0 Å². The predicted molar refractivity (Wildman–Crippen MR) is 86.2 cm³/mol. The molecule has 8 nitrogen and oxygen atoms in total. The number of amides is 2. The number of aliphatic carboxylic acids is 1. The van der Waals surface area contributed by atoms with Crippen molar-refractivity contribution in [2.75, 3.05) is 13.1 Å². The van der Waals surface area contributed by atoms with Gasteiger partial charge in [-0.2, -0.15) is 0 Å². The first-order valence-electron chi connectivity index (χ1n) is 6.28. The first-order chi connectivity index (χ1) is 10.3. The summed E-state index contributed by atoms with van der Waals surface area (Å²) in [6, 6.07) is 5.45. The zero-order valence-corrected chi connectivity index (χ0v) is 13.7. The van der Waals surface area contributed by atoms with E-state index in [1.165, 1.54) is 12.1 Å². The van der Waals surface area contributed by atoms with Crippen LogP contribution in [0.3, 0.4) is 0 Å². The molecule has 0 bridgehead atoms. The van der Waals surface area contributed by atoms with Crippen LogP contribution in [-0.2, 0) is 20.8 Å². The second-order valence-electron chi connectivity index (χ2n) is 4.51. The summed E-state index contributed by atoms with van der Waals surface area (Å²) in [5, 5.41) is 19.8. The van der Waals surface area contributed by atoms with Crippen molar-refractivity contribution in [3.05, 3.63) is 29.8 Å². The summed E-state index contributed by atoms with van der Waals surface area (Å²) in [5.41, 5.74) is 6.58. The number of carbonyl (C=O) groups is 3. The van der Waals surface area contributed by atoms with Crippen LogP contribution < -0.4 is 11.1 Å². The van der Waals surface area contributed by atoms with E-state index in [0.717, 1.165) is 8.68 Å². The van der Waals surface area contributed by atoms with E-state index in [9.17, 15) is 19.5 Å². The Balaban J connectivity index is 2.49. The van der Waals surface area contributed by atoms with E-state index in [4.69, 9.17) is 10.8 Å². The Labute approximate surface area is 140 Å². The van der Waals surface area contributed by atoms with Gasteiger partial charge < -0.3 is 21.3 Å². The van der Waals surface area contributed by atoms with Crippen LogP contribution in [0.1, 0.15) is 5.56 Å². The van der Waals surface area contributed by atoms with Gasteiger partial charge in [0, 0.05) is 0 Å². The minimum Gasteiger partial charge on any atom is -0.508 e. The lowest BCUT2D eigenvalue weighted by atomic mass is 10.1. The molecule has 2 amide bonds. The maximum atomic E-state index is 12.0. The van der Waals surface area contributed by atoms with Gasteiger partial charge in [-0.25, -0.2) is 0 Å². The minimum atomic E-state index is -1.16. The number of carboxylic acids is 1. The summed E-state index contributed by atoms with van der Waals surface area (Å²) < 4.78 is 1.11. The highest BCUT2D eigenvalue weighted by Gasteiger charge is 2.21. The van der Waals surface area contributed by atoms with Crippen molar-refractivity contribution in [2.45, 2.75) is 12.5 Å². The van der Waals surface area contributed by atoms with Gasteiger partial charge in [-0.3, -0.25) is 17.5 Å². The van der Waals surface area contributed by atoms with Gasteiger partial charge >= 0.3 is 5.97 Å². The first kappa shape index (κ1) is 18.2. The van der Waals surface area contributed by atoms with Gasteiger partial charge in [0.1, 0.15) is 18.8 Å². The number of nitrogens with two attached hydrogens (primary N) is 1. The third-order valence-corrected chi connectivity index (χ3v) is 3.48. The molecule has 1 aromatic rings. The van der Waals surface area contributed by atoms with E-state index in [-0.39, 0.29) is 18.7 Å². The highest BCUT2D eigenvalue weighted by Crippen LogP contribution is 2.12. The quantitative estimate of drug-likeness (QED) is 0.351. The number of aromatic hydroxyl groups is 1. The lowest BCUT2D eigenvalue weighted by molar-refractivity contribution is -0.138. The predicted octanol–water partition coefficient (Wildman–Crippen LogP) is -0.359. The van der Waals surface area contributed by atoms with E-state index in [2.05, 4.69) is 5.32 Å². The minimum absolute atomic E-state index is 0.120. The molecule has 0 fully saturated rings. The Morgan fingerprint density at radius 2 is 1.86 bits per heavy atom. The van der Waals surface area contributed by atoms with Crippen LogP contribution in [0.15, 0.2) is 24.3 Å². The van der Waals surface area contributed by atoms with Gasteiger partial charge in [0.05, 0.1) is 28.9 Å². The fraction of sp³-hybridized carbons (Fsp3) is 0.308. The topological polar surface area (TPSA) is 133 Å².